The van der Waals surface area contributed by atoms with Gasteiger partial charge in [-0.05, 0) is 86.8 Å². The van der Waals surface area contributed by atoms with Gasteiger partial charge in [0, 0.05) is 25.2 Å². The molecule has 0 amide bonds. The lowest BCUT2D eigenvalue weighted by Gasteiger charge is -2.30. The third kappa shape index (κ3) is 4.75. The van der Waals surface area contributed by atoms with Crippen molar-refractivity contribution in [3.05, 3.63) is 69.8 Å². The molecule has 2 N–H and O–H groups in total. The molecule has 0 saturated heterocycles. The van der Waals surface area contributed by atoms with Crippen LogP contribution in [0, 0.1) is 27.7 Å². The van der Waals surface area contributed by atoms with Crippen molar-refractivity contribution in [3.8, 4) is 0 Å². The summed E-state index contributed by atoms with van der Waals surface area (Å²) in [6.45, 7) is 10.9. The summed E-state index contributed by atoms with van der Waals surface area (Å²) in [5.41, 5.74) is 8.57. The summed E-state index contributed by atoms with van der Waals surface area (Å²) in [6, 6.07) is 14.5. The van der Waals surface area contributed by atoms with E-state index in [-0.39, 0.29) is 0 Å². The van der Waals surface area contributed by atoms with Gasteiger partial charge in [0.05, 0.1) is 0 Å². The zero-order valence-corrected chi connectivity index (χ0v) is 16.9. The summed E-state index contributed by atoms with van der Waals surface area (Å²) >= 11 is 0. The van der Waals surface area contributed by atoms with Crippen LogP contribution in [0.25, 0.3) is 0 Å². The zero-order chi connectivity index (χ0) is 18.5. The Labute approximate surface area is 159 Å². The smallest absolute Gasteiger partial charge is 0.0213 e. The number of aryl methyl sites for hydroxylation is 4. The van der Waals surface area contributed by atoms with Crippen LogP contribution >= 0.6 is 0 Å². The normalized spacial score (nSPS) is 20.3. The summed E-state index contributed by atoms with van der Waals surface area (Å²) in [4.78, 5) is 0. The van der Waals surface area contributed by atoms with E-state index in [0.717, 1.165) is 13.1 Å². The predicted octanol–water partition coefficient (Wildman–Crippen LogP) is 5.11. The average molecular weight is 351 g/mol. The molecule has 0 heterocycles. The molecule has 1 aliphatic carbocycles. The third-order valence-electron chi connectivity index (χ3n) is 6.15. The fourth-order valence-electron chi connectivity index (χ4n) is 4.25. The first-order valence-electron chi connectivity index (χ1n) is 10.1. The van der Waals surface area contributed by atoms with E-state index in [2.05, 4.69) is 74.7 Å². The van der Waals surface area contributed by atoms with Crippen LogP contribution in [-0.4, -0.2) is 12.1 Å². The molecule has 3 rings (SSSR count). The summed E-state index contributed by atoms with van der Waals surface area (Å²) in [7, 11) is 0. The Bertz CT molecular complexity index is 623. The van der Waals surface area contributed by atoms with E-state index in [1.165, 1.54) is 59.1 Å². The van der Waals surface area contributed by atoms with Crippen LogP contribution in [0.3, 0.4) is 0 Å². The zero-order valence-electron chi connectivity index (χ0n) is 16.9. The second-order valence-electron chi connectivity index (χ2n) is 8.05. The van der Waals surface area contributed by atoms with Gasteiger partial charge < -0.3 is 10.6 Å². The quantitative estimate of drug-likeness (QED) is 0.756. The summed E-state index contributed by atoms with van der Waals surface area (Å²) in [6.07, 6.45) is 5.09. The molecular weight excluding hydrogens is 316 g/mol. The lowest BCUT2D eigenvalue weighted by atomic mass is 9.90. The second-order valence-corrected chi connectivity index (χ2v) is 8.05. The number of benzene rings is 2. The first kappa shape index (κ1) is 19.1. The van der Waals surface area contributed by atoms with E-state index in [4.69, 9.17) is 0 Å². The standard InChI is InChI=1S/C24H34N2/c1-17-7-5-8-18(2)23(17)15-25-21-11-13-22(14-12-21)26-16-24-19(3)9-6-10-20(24)4/h5-10,21-22,25-26H,11-16H2,1-4H3. The van der Waals surface area contributed by atoms with Crippen molar-refractivity contribution in [3.63, 3.8) is 0 Å². The van der Waals surface area contributed by atoms with Gasteiger partial charge in [-0.1, -0.05) is 36.4 Å². The first-order chi connectivity index (χ1) is 12.5. The Balaban J connectivity index is 1.44. The van der Waals surface area contributed by atoms with Gasteiger partial charge in [0.2, 0.25) is 0 Å². The van der Waals surface area contributed by atoms with E-state index >= 15 is 0 Å². The largest absolute Gasteiger partial charge is 0.310 e. The molecule has 0 atom stereocenters. The molecule has 1 aliphatic rings. The van der Waals surface area contributed by atoms with Gasteiger partial charge in [0.15, 0.2) is 0 Å². The van der Waals surface area contributed by atoms with E-state index in [1.807, 2.05) is 0 Å². The highest BCUT2D eigenvalue weighted by molar-refractivity contribution is 5.34. The van der Waals surface area contributed by atoms with E-state index < -0.39 is 0 Å². The molecule has 1 fully saturated rings. The molecule has 0 aliphatic heterocycles. The number of nitrogens with one attached hydrogen (secondary N) is 2. The van der Waals surface area contributed by atoms with Crippen molar-refractivity contribution in [2.75, 3.05) is 0 Å². The van der Waals surface area contributed by atoms with Gasteiger partial charge in [0.1, 0.15) is 0 Å². The highest BCUT2D eigenvalue weighted by Crippen LogP contribution is 2.21. The Kier molecular flexibility index (Phi) is 6.50. The van der Waals surface area contributed by atoms with Gasteiger partial charge in [0.25, 0.3) is 0 Å². The van der Waals surface area contributed by atoms with Crippen LogP contribution in [0.4, 0.5) is 0 Å². The van der Waals surface area contributed by atoms with E-state index in [0.29, 0.717) is 12.1 Å². The van der Waals surface area contributed by atoms with Gasteiger partial charge >= 0.3 is 0 Å². The molecule has 0 aromatic heterocycles. The van der Waals surface area contributed by atoms with Gasteiger partial charge in [-0.3, -0.25) is 0 Å². The number of rotatable bonds is 6. The van der Waals surface area contributed by atoms with Crippen LogP contribution in [0.1, 0.15) is 59.1 Å². The molecule has 2 aromatic carbocycles. The van der Waals surface area contributed by atoms with E-state index in [9.17, 15) is 0 Å². The van der Waals surface area contributed by atoms with Gasteiger partial charge in [-0.15, -0.1) is 0 Å². The molecule has 2 nitrogen and oxygen atoms in total. The Morgan fingerprint density at radius 3 is 1.23 bits per heavy atom. The van der Waals surface area contributed by atoms with Crippen molar-refractivity contribution >= 4 is 0 Å². The molecule has 0 bridgehead atoms. The first-order valence-corrected chi connectivity index (χ1v) is 10.1. The molecule has 2 aromatic rings. The molecule has 26 heavy (non-hydrogen) atoms. The minimum Gasteiger partial charge on any atom is -0.310 e. The predicted molar refractivity (Wildman–Crippen MR) is 112 cm³/mol. The van der Waals surface area contributed by atoms with Crippen molar-refractivity contribution in [1.29, 1.82) is 0 Å². The fraction of sp³-hybridized carbons (Fsp3) is 0.500. The second kappa shape index (κ2) is 8.83. The van der Waals surface area contributed by atoms with Crippen LogP contribution in [0.15, 0.2) is 36.4 Å². The Morgan fingerprint density at radius 2 is 0.923 bits per heavy atom. The van der Waals surface area contributed by atoms with Crippen LogP contribution in [0.2, 0.25) is 0 Å². The molecule has 0 radical (unpaired) electrons. The minimum atomic E-state index is 0.659. The number of hydrogen-bond donors (Lipinski definition) is 2. The lowest BCUT2D eigenvalue weighted by molar-refractivity contribution is 0.305. The molecule has 0 spiro atoms. The summed E-state index contributed by atoms with van der Waals surface area (Å²) in [5, 5.41) is 7.61. The Morgan fingerprint density at radius 1 is 0.615 bits per heavy atom. The maximum Gasteiger partial charge on any atom is 0.0213 e. The SMILES string of the molecule is Cc1cccc(C)c1CNC1CCC(NCc2c(C)cccc2C)CC1. The van der Waals surface area contributed by atoms with Crippen molar-refractivity contribution in [1.82, 2.24) is 10.6 Å². The van der Waals surface area contributed by atoms with Crippen molar-refractivity contribution in [2.45, 2.75) is 78.6 Å². The third-order valence-corrected chi connectivity index (χ3v) is 6.15. The maximum absolute atomic E-state index is 3.80. The highest BCUT2D eigenvalue weighted by Gasteiger charge is 2.21. The highest BCUT2D eigenvalue weighted by atomic mass is 14.9. The summed E-state index contributed by atoms with van der Waals surface area (Å²) in [5.74, 6) is 0. The van der Waals surface area contributed by atoms with Crippen LogP contribution in [0.5, 0.6) is 0 Å². The molecular formula is C24H34N2. The van der Waals surface area contributed by atoms with Crippen molar-refractivity contribution < 1.29 is 0 Å². The van der Waals surface area contributed by atoms with Crippen LogP contribution in [-0.2, 0) is 13.1 Å². The van der Waals surface area contributed by atoms with Crippen molar-refractivity contribution in [2.24, 2.45) is 0 Å². The average Bonchev–Trinajstić information content (AvgIpc) is 2.62. The van der Waals surface area contributed by atoms with Crippen LogP contribution < -0.4 is 10.6 Å². The fourth-order valence-corrected chi connectivity index (χ4v) is 4.25. The topological polar surface area (TPSA) is 24.1 Å². The summed E-state index contributed by atoms with van der Waals surface area (Å²) < 4.78 is 0. The minimum absolute atomic E-state index is 0.659. The molecule has 1 saturated carbocycles. The molecule has 0 unspecified atom stereocenters. The lowest BCUT2D eigenvalue weighted by Crippen LogP contribution is -2.39. The Hall–Kier alpha value is -1.64. The van der Waals surface area contributed by atoms with Gasteiger partial charge in [-0.25, -0.2) is 0 Å². The van der Waals surface area contributed by atoms with E-state index in [1.54, 1.807) is 0 Å². The molecule has 140 valence electrons. The van der Waals surface area contributed by atoms with Gasteiger partial charge in [-0.2, -0.15) is 0 Å². The monoisotopic (exact) mass is 350 g/mol. The maximum atomic E-state index is 3.80. The number of hydrogen-bond acceptors (Lipinski definition) is 2. The molecule has 2 heteroatoms.